The van der Waals surface area contributed by atoms with Crippen LogP contribution in [0.25, 0.3) is 0 Å². The predicted octanol–water partition coefficient (Wildman–Crippen LogP) is 2.98. The van der Waals surface area contributed by atoms with Crippen molar-refractivity contribution in [2.45, 2.75) is 32.6 Å². The van der Waals surface area contributed by atoms with Gasteiger partial charge in [-0.05, 0) is 36.9 Å². The fourth-order valence-corrected chi connectivity index (χ4v) is 3.43. The summed E-state index contributed by atoms with van der Waals surface area (Å²) in [6.45, 7) is 7.81. The van der Waals surface area contributed by atoms with Crippen LogP contribution in [0.1, 0.15) is 48.5 Å². The standard InChI is InChI=1S/C19H23NO3/c1-3-20(4-2)9-10-23-14-6-8-16-18(12-14)17-11-13(21)5-7-15(17)19(16)22/h6-8,12,17H,3-5,9-11H2,1-2H3. The summed E-state index contributed by atoms with van der Waals surface area (Å²) in [5.74, 6) is 0.993. The first kappa shape index (κ1) is 15.9. The summed E-state index contributed by atoms with van der Waals surface area (Å²) in [5, 5.41) is 0. The van der Waals surface area contributed by atoms with Gasteiger partial charge < -0.3 is 9.64 Å². The molecule has 0 spiro atoms. The quantitative estimate of drug-likeness (QED) is 0.810. The van der Waals surface area contributed by atoms with Gasteiger partial charge in [-0.3, -0.25) is 9.59 Å². The van der Waals surface area contributed by atoms with Crippen LogP contribution in [-0.2, 0) is 4.79 Å². The molecule has 122 valence electrons. The minimum Gasteiger partial charge on any atom is -0.492 e. The van der Waals surface area contributed by atoms with Crippen molar-refractivity contribution in [1.29, 1.82) is 0 Å². The third kappa shape index (κ3) is 3.08. The maximum atomic E-state index is 12.4. The van der Waals surface area contributed by atoms with Gasteiger partial charge in [0.2, 0.25) is 0 Å². The first-order valence-electron chi connectivity index (χ1n) is 8.39. The van der Waals surface area contributed by atoms with E-state index in [2.05, 4.69) is 18.7 Å². The lowest BCUT2D eigenvalue weighted by molar-refractivity contribution is -0.118. The number of Topliss-reactive ketones (excluding diaryl/α,β-unsaturated/α-hetero) is 2. The maximum absolute atomic E-state index is 12.4. The minimum absolute atomic E-state index is 0.0647. The number of allylic oxidation sites excluding steroid dienone is 2. The lowest BCUT2D eigenvalue weighted by Crippen LogP contribution is -2.27. The number of ether oxygens (including phenoxy) is 1. The molecule has 1 aromatic carbocycles. The zero-order chi connectivity index (χ0) is 16.4. The molecule has 3 rings (SSSR count). The second-order valence-corrected chi connectivity index (χ2v) is 6.11. The fourth-order valence-electron chi connectivity index (χ4n) is 3.43. The Bertz CT molecular complexity index is 659. The van der Waals surface area contributed by atoms with E-state index in [1.807, 2.05) is 18.2 Å². The molecule has 0 radical (unpaired) electrons. The van der Waals surface area contributed by atoms with E-state index in [9.17, 15) is 9.59 Å². The first-order chi connectivity index (χ1) is 11.1. The number of nitrogens with zero attached hydrogens (tertiary/aromatic N) is 1. The average molecular weight is 313 g/mol. The average Bonchev–Trinajstić information content (AvgIpc) is 2.84. The van der Waals surface area contributed by atoms with Gasteiger partial charge in [-0.1, -0.05) is 19.9 Å². The van der Waals surface area contributed by atoms with Crippen LogP contribution in [0, 0.1) is 0 Å². The number of hydrogen-bond donors (Lipinski definition) is 0. The molecule has 0 heterocycles. The Hall–Kier alpha value is -1.94. The van der Waals surface area contributed by atoms with Crippen LogP contribution in [0.15, 0.2) is 29.8 Å². The van der Waals surface area contributed by atoms with Gasteiger partial charge in [0.15, 0.2) is 5.78 Å². The second-order valence-electron chi connectivity index (χ2n) is 6.11. The van der Waals surface area contributed by atoms with Crippen molar-refractivity contribution < 1.29 is 14.3 Å². The Balaban J connectivity index is 1.74. The molecule has 1 aromatic rings. The summed E-state index contributed by atoms with van der Waals surface area (Å²) in [6, 6.07) is 5.65. The molecule has 0 amide bonds. The summed E-state index contributed by atoms with van der Waals surface area (Å²) < 4.78 is 5.85. The molecule has 1 unspecified atom stereocenters. The number of carbonyl (C=O) groups excluding carboxylic acids is 2. The lowest BCUT2D eigenvalue weighted by atomic mass is 9.86. The van der Waals surface area contributed by atoms with Gasteiger partial charge in [-0.2, -0.15) is 0 Å². The van der Waals surface area contributed by atoms with Crippen molar-refractivity contribution in [3.05, 3.63) is 41.0 Å². The Morgan fingerprint density at radius 3 is 2.74 bits per heavy atom. The molecule has 0 aliphatic heterocycles. The number of likely N-dealkylation sites (N-methyl/N-ethyl adjacent to an activating group) is 1. The van der Waals surface area contributed by atoms with Gasteiger partial charge in [-0.15, -0.1) is 0 Å². The SMILES string of the molecule is CCN(CC)CCOc1ccc2c(c1)C1CC(=O)CC=C1C2=O. The van der Waals surface area contributed by atoms with E-state index in [1.165, 1.54) is 0 Å². The van der Waals surface area contributed by atoms with Crippen LogP contribution in [0.2, 0.25) is 0 Å². The zero-order valence-electron chi connectivity index (χ0n) is 13.8. The number of rotatable bonds is 6. The van der Waals surface area contributed by atoms with Gasteiger partial charge in [0.1, 0.15) is 18.1 Å². The highest BCUT2D eigenvalue weighted by Gasteiger charge is 2.37. The number of ketones is 2. The van der Waals surface area contributed by atoms with Gasteiger partial charge in [-0.25, -0.2) is 0 Å². The van der Waals surface area contributed by atoms with Crippen molar-refractivity contribution in [3.63, 3.8) is 0 Å². The van der Waals surface area contributed by atoms with Crippen molar-refractivity contribution in [1.82, 2.24) is 4.90 Å². The highest BCUT2D eigenvalue weighted by atomic mass is 16.5. The normalized spacial score (nSPS) is 19.6. The van der Waals surface area contributed by atoms with Gasteiger partial charge >= 0.3 is 0 Å². The molecule has 2 aliphatic carbocycles. The number of hydrogen-bond acceptors (Lipinski definition) is 4. The highest BCUT2D eigenvalue weighted by molar-refractivity contribution is 6.15. The van der Waals surface area contributed by atoms with Gasteiger partial charge in [0.25, 0.3) is 0 Å². The molecule has 1 atom stereocenters. The molecule has 0 saturated carbocycles. The minimum atomic E-state index is -0.0647. The molecule has 0 N–H and O–H groups in total. The van der Waals surface area contributed by atoms with Crippen LogP contribution >= 0.6 is 0 Å². The van der Waals surface area contributed by atoms with Crippen LogP contribution in [0.5, 0.6) is 5.75 Å². The Morgan fingerprint density at radius 2 is 2.00 bits per heavy atom. The van der Waals surface area contributed by atoms with E-state index in [4.69, 9.17) is 4.74 Å². The van der Waals surface area contributed by atoms with E-state index in [-0.39, 0.29) is 17.5 Å². The number of carbonyl (C=O) groups is 2. The molecular weight excluding hydrogens is 290 g/mol. The fraction of sp³-hybridized carbons (Fsp3) is 0.474. The smallest absolute Gasteiger partial charge is 0.189 e. The summed E-state index contributed by atoms with van der Waals surface area (Å²) in [4.78, 5) is 26.4. The molecule has 2 aliphatic rings. The largest absolute Gasteiger partial charge is 0.492 e. The van der Waals surface area contributed by atoms with Crippen LogP contribution in [0.4, 0.5) is 0 Å². The Morgan fingerprint density at radius 1 is 1.22 bits per heavy atom. The molecule has 4 heteroatoms. The molecule has 0 saturated heterocycles. The monoisotopic (exact) mass is 313 g/mol. The summed E-state index contributed by atoms with van der Waals surface area (Å²) in [7, 11) is 0. The van der Waals surface area contributed by atoms with Crippen molar-refractivity contribution >= 4 is 11.6 Å². The summed E-state index contributed by atoms with van der Waals surface area (Å²) >= 11 is 0. The van der Waals surface area contributed by atoms with Gasteiger partial charge in [0.05, 0.1) is 0 Å². The van der Waals surface area contributed by atoms with Crippen molar-refractivity contribution in [2.24, 2.45) is 0 Å². The van der Waals surface area contributed by atoms with E-state index in [1.54, 1.807) is 6.08 Å². The number of benzene rings is 1. The first-order valence-corrected chi connectivity index (χ1v) is 8.39. The molecule has 0 fully saturated rings. The molecule has 0 bridgehead atoms. The zero-order valence-corrected chi connectivity index (χ0v) is 13.8. The second kappa shape index (κ2) is 6.67. The number of fused-ring (bicyclic) bond motifs is 3. The van der Waals surface area contributed by atoms with E-state index in [0.717, 1.165) is 42.1 Å². The molecule has 0 aromatic heterocycles. The molecule has 23 heavy (non-hydrogen) atoms. The third-order valence-corrected chi connectivity index (χ3v) is 4.83. The molecular formula is C19H23NO3. The van der Waals surface area contributed by atoms with Crippen molar-refractivity contribution in [3.8, 4) is 5.75 Å². The highest BCUT2D eigenvalue weighted by Crippen LogP contribution is 2.43. The maximum Gasteiger partial charge on any atom is 0.189 e. The topological polar surface area (TPSA) is 46.6 Å². The Kier molecular flexibility index (Phi) is 4.62. The van der Waals surface area contributed by atoms with Crippen LogP contribution < -0.4 is 4.74 Å². The lowest BCUT2D eigenvalue weighted by Gasteiger charge is -2.19. The van der Waals surface area contributed by atoms with E-state index in [0.29, 0.717) is 19.4 Å². The van der Waals surface area contributed by atoms with E-state index >= 15 is 0 Å². The van der Waals surface area contributed by atoms with Crippen molar-refractivity contribution in [2.75, 3.05) is 26.2 Å². The van der Waals surface area contributed by atoms with Gasteiger partial charge in [0, 0.05) is 36.4 Å². The third-order valence-electron chi connectivity index (χ3n) is 4.83. The Labute approximate surface area is 137 Å². The van der Waals surface area contributed by atoms with Crippen LogP contribution in [0.3, 0.4) is 0 Å². The summed E-state index contributed by atoms with van der Waals surface area (Å²) in [5.41, 5.74) is 2.47. The molecule has 4 nitrogen and oxygen atoms in total. The predicted molar refractivity (Wildman–Crippen MR) is 89.1 cm³/mol. The van der Waals surface area contributed by atoms with Crippen LogP contribution in [-0.4, -0.2) is 42.7 Å². The summed E-state index contributed by atoms with van der Waals surface area (Å²) in [6.07, 6.45) is 2.63. The van der Waals surface area contributed by atoms with E-state index < -0.39 is 0 Å².